The number of para-hydroxylation sites is 1. The van der Waals surface area contributed by atoms with Gasteiger partial charge in [-0.2, -0.15) is 0 Å². The Balaban J connectivity index is 2.92. The molecule has 0 spiro atoms. The molecule has 0 heterocycles. The molecule has 0 aliphatic carbocycles. The summed E-state index contributed by atoms with van der Waals surface area (Å²) >= 11 is 0. The third kappa shape index (κ3) is 2.70. The first-order valence-electron chi connectivity index (χ1n) is 4.91. The van der Waals surface area contributed by atoms with Gasteiger partial charge in [0.15, 0.2) is 0 Å². The molecule has 1 rings (SSSR count). The van der Waals surface area contributed by atoms with Crippen LogP contribution < -0.4 is 4.52 Å². The van der Waals surface area contributed by atoms with Crippen LogP contribution in [0.4, 0.5) is 0 Å². The van der Waals surface area contributed by atoms with Crippen molar-refractivity contribution in [1.29, 1.82) is 0 Å². The molecule has 0 aromatic heterocycles. The van der Waals surface area contributed by atoms with Crippen molar-refractivity contribution in [2.75, 3.05) is 6.16 Å². The van der Waals surface area contributed by atoms with Crippen LogP contribution in [0.1, 0.15) is 25.0 Å². The highest BCUT2D eigenvalue weighted by molar-refractivity contribution is 7.46. The van der Waals surface area contributed by atoms with Crippen molar-refractivity contribution in [3.05, 3.63) is 29.3 Å². The molecule has 0 bridgehead atoms. The molecule has 1 aromatic rings. The van der Waals surface area contributed by atoms with Crippen molar-refractivity contribution in [2.45, 2.75) is 27.2 Å². The number of hydrogen-bond acceptors (Lipinski definition) is 2. The van der Waals surface area contributed by atoms with E-state index in [1.807, 2.05) is 32.0 Å². The number of hydrogen-bond donors (Lipinski definition) is 1. The van der Waals surface area contributed by atoms with Crippen LogP contribution >= 0.6 is 8.38 Å². The van der Waals surface area contributed by atoms with Crippen LogP contribution in [0.25, 0.3) is 0 Å². The molecule has 1 atom stereocenters. The van der Waals surface area contributed by atoms with E-state index < -0.39 is 8.38 Å². The summed E-state index contributed by atoms with van der Waals surface area (Å²) in [6.45, 7) is 6.02. The number of aryl methyl sites for hydroxylation is 2. The maximum Gasteiger partial charge on any atom is 0.227 e. The van der Waals surface area contributed by atoms with Crippen LogP contribution in [-0.2, 0) is 6.42 Å². The van der Waals surface area contributed by atoms with Gasteiger partial charge in [-0.05, 0) is 24.5 Å². The zero-order valence-electron chi connectivity index (χ0n) is 8.95. The fourth-order valence-electron chi connectivity index (χ4n) is 1.29. The second kappa shape index (κ2) is 5.33. The van der Waals surface area contributed by atoms with E-state index in [0.717, 1.165) is 17.7 Å². The van der Waals surface area contributed by atoms with Crippen LogP contribution in [0.3, 0.4) is 0 Å². The minimum atomic E-state index is -1.29. The maximum atomic E-state index is 9.50. The summed E-state index contributed by atoms with van der Waals surface area (Å²) < 4.78 is 5.54. The molecule has 0 aliphatic heterocycles. The van der Waals surface area contributed by atoms with Crippen LogP contribution in [0.2, 0.25) is 0 Å². The van der Waals surface area contributed by atoms with E-state index in [1.165, 1.54) is 5.56 Å². The fraction of sp³-hybridized carbons (Fsp3) is 0.455. The molecule has 2 nitrogen and oxygen atoms in total. The highest BCUT2D eigenvalue weighted by Crippen LogP contribution is 2.37. The largest absolute Gasteiger partial charge is 0.447 e. The zero-order chi connectivity index (χ0) is 10.6. The Morgan fingerprint density at radius 1 is 1.36 bits per heavy atom. The van der Waals surface area contributed by atoms with E-state index >= 15 is 0 Å². The average Bonchev–Trinajstić information content (AvgIpc) is 2.20. The second-order valence-electron chi connectivity index (χ2n) is 3.18. The third-order valence-corrected chi connectivity index (χ3v) is 3.08. The second-order valence-corrected chi connectivity index (χ2v) is 4.70. The SMILES string of the molecule is CCc1cccc(C)c1OP(O)CC. The van der Waals surface area contributed by atoms with Crippen molar-refractivity contribution in [1.82, 2.24) is 0 Å². The van der Waals surface area contributed by atoms with Crippen molar-refractivity contribution in [3.63, 3.8) is 0 Å². The van der Waals surface area contributed by atoms with E-state index in [-0.39, 0.29) is 0 Å². The summed E-state index contributed by atoms with van der Waals surface area (Å²) in [5.41, 5.74) is 2.26. The van der Waals surface area contributed by atoms with Gasteiger partial charge in [-0.3, -0.25) is 0 Å². The van der Waals surface area contributed by atoms with Gasteiger partial charge in [-0.15, -0.1) is 0 Å². The first-order chi connectivity index (χ1) is 6.69. The number of benzene rings is 1. The molecular formula is C11H17O2P. The molecule has 1 unspecified atom stereocenters. The van der Waals surface area contributed by atoms with Gasteiger partial charge in [0.05, 0.1) is 0 Å². The van der Waals surface area contributed by atoms with Gasteiger partial charge in [-0.25, -0.2) is 0 Å². The van der Waals surface area contributed by atoms with Gasteiger partial charge in [0.1, 0.15) is 5.75 Å². The van der Waals surface area contributed by atoms with Crippen molar-refractivity contribution in [3.8, 4) is 5.75 Å². The van der Waals surface area contributed by atoms with Crippen LogP contribution in [0.15, 0.2) is 18.2 Å². The van der Waals surface area contributed by atoms with Gasteiger partial charge >= 0.3 is 0 Å². The Bertz CT molecular complexity index is 299. The molecule has 0 saturated heterocycles. The summed E-state index contributed by atoms with van der Waals surface area (Å²) in [7, 11) is -1.29. The lowest BCUT2D eigenvalue weighted by Gasteiger charge is -2.15. The summed E-state index contributed by atoms with van der Waals surface area (Å²) in [5.74, 6) is 0.866. The lowest BCUT2D eigenvalue weighted by Crippen LogP contribution is -1.95. The molecule has 0 amide bonds. The molecule has 0 saturated carbocycles. The first kappa shape index (κ1) is 11.5. The molecule has 14 heavy (non-hydrogen) atoms. The van der Waals surface area contributed by atoms with Gasteiger partial charge in [-0.1, -0.05) is 32.0 Å². The fourth-order valence-corrected chi connectivity index (χ4v) is 1.89. The standard InChI is InChI=1S/C11H17O2P/c1-4-10-8-6-7-9(3)11(10)13-14(12)5-2/h6-8,12H,4-5H2,1-3H3. The van der Waals surface area contributed by atoms with E-state index in [2.05, 4.69) is 6.92 Å². The Kier molecular flexibility index (Phi) is 4.37. The lowest BCUT2D eigenvalue weighted by molar-refractivity contribution is 0.482. The van der Waals surface area contributed by atoms with E-state index in [4.69, 9.17) is 4.52 Å². The first-order valence-corrected chi connectivity index (χ1v) is 6.31. The molecule has 0 radical (unpaired) electrons. The van der Waals surface area contributed by atoms with Crippen LogP contribution in [-0.4, -0.2) is 11.1 Å². The normalized spacial score (nSPS) is 12.6. The minimum absolute atomic E-state index is 0.673. The minimum Gasteiger partial charge on any atom is -0.447 e. The van der Waals surface area contributed by atoms with Crippen LogP contribution in [0.5, 0.6) is 5.75 Å². The maximum absolute atomic E-state index is 9.50. The average molecular weight is 212 g/mol. The Hall–Kier alpha value is -0.590. The van der Waals surface area contributed by atoms with Gasteiger partial charge in [0.2, 0.25) is 8.38 Å². The van der Waals surface area contributed by atoms with Gasteiger partial charge < -0.3 is 9.42 Å². The summed E-state index contributed by atoms with van der Waals surface area (Å²) in [6.07, 6.45) is 1.61. The Labute approximate surface area is 86.8 Å². The Morgan fingerprint density at radius 2 is 2.07 bits per heavy atom. The van der Waals surface area contributed by atoms with Gasteiger partial charge in [0, 0.05) is 6.16 Å². The van der Waals surface area contributed by atoms with Crippen molar-refractivity contribution >= 4 is 8.38 Å². The smallest absolute Gasteiger partial charge is 0.227 e. The summed E-state index contributed by atoms with van der Waals surface area (Å²) in [5, 5.41) is 0. The van der Waals surface area contributed by atoms with Crippen molar-refractivity contribution in [2.24, 2.45) is 0 Å². The van der Waals surface area contributed by atoms with E-state index in [1.54, 1.807) is 0 Å². The molecule has 3 heteroatoms. The third-order valence-electron chi connectivity index (χ3n) is 2.14. The number of rotatable bonds is 4. The topological polar surface area (TPSA) is 29.5 Å². The van der Waals surface area contributed by atoms with E-state index in [0.29, 0.717) is 6.16 Å². The van der Waals surface area contributed by atoms with E-state index in [9.17, 15) is 4.89 Å². The molecular weight excluding hydrogens is 195 g/mol. The monoisotopic (exact) mass is 212 g/mol. The molecule has 78 valence electrons. The van der Waals surface area contributed by atoms with Gasteiger partial charge in [0.25, 0.3) is 0 Å². The summed E-state index contributed by atoms with van der Waals surface area (Å²) in [4.78, 5) is 9.50. The molecule has 0 aliphatic rings. The molecule has 0 fully saturated rings. The highest BCUT2D eigenvalue weighted by atomic mass is 31.2. The van der Waals surface area contributed by atoms with Crippen molar-refractivity contribution < 1.29 is 9.42 Å². The Morgan fingerprint density at radius 3 is 2.64 bits per heavy atom. The molecule has 1 aromatic carbocycles. The van der Waals surface area contributed by atoms with Crippen LogP contribution in [0, 0.1) is 6.92 Å². The predicted octanol–water partition coefficient (Wildman–Crippen LogP) is 3.26. The zero-order valence-corrected chi connectivity index (χ0v) is 9.84. The quantitative estimate of drug-likeness (QED) is 0.776. The lowest BCUT2D eigenvalue weighted by atomic mass is 10.1. The molecule has 1 N–H and O–H groups in total. The highest BCUT2D eigenvalue weighted by Gasteiger charge is 2.10. The predicted molar refractivity (Wildman–Crippen MR) is 60.9 cm³/mol. The summed E-state index contributed by atoms with van der Waals surface area (Å²) in [6, 6.07) is 6.07.